The predicted octanol–water partition coefficient (Wildman–Crippen LogP) is 5.23. The number of benzene rings is 2. The number of rotatable bonds is 3. The van der Waals surface area contributed by atoms with Crippen LogP contribution in [0.25, 0.3) is 10.9 Å². The second kappa shape index (κ2) is 7.74. The minimum absolute atomic E-state index is 0.0547. The Hall–Kier alpha value is -2.90. The average Bonchev–Trinajstić information content (AvgIpc) is 3.13. The molecule has 0 bridgehead atoms. The molecule has 0 N–H and O–H groups in total. The van der Waals surface area contributed by atoms with Crippen LogP contribution in [0.4, 0.5) is 17.6 Å². The Labute approximate surface area is 171 Å². The number of hydrogen-bond acceptors (Lipinski definition) is 2. The van der Waals surface area contributed by atoms with Crippen molar-refractivity contribution in [1.29, 1.82) is 0 Å². The highest BCUT2D eigenvalue weighted by Crippen LogP contribution is 2.39. The molecule has 0 atom stereocenters. The molecule has 1 saturated heterocycles. The molecule has 3 aromatic rings. The van der Waals surface area contributed by atoms with Gasteiger partial charge in [-0.25, -0.2) is 4.39 Å². The topological polar surface area (TPSA) is 38.1 Å². The summed E-state index contributed by atoms with van der Waals surface area (Å²) in [6, 6.07) is 10.2. The number of carbonyl (C=O) groups is 1. The Bertz CT molecular complexity index is 1080. The lowest BCUT2D eigenvalue weighted by Crippen LogP contribution is -2.38. The maximum Gasteiger partial charge on any atom is 0.416 e. The summed E-state index contributed by atoms with van der Waals surface area (Å²) in [6.07, 6.45) is -3.59. The number of carbonyl (C=O) groups excluding carboxylic acids is 1. The number of likely N-dealkylation sites (tertiary alicyclic amines) is 1. The van der Waals surface area contributed by atoms with E-state index in [0.29, 0.717) is 38.0 Å². The van der Waals surface area contributed by atoms with E-state index in [1.54, 1.807) is 27.8 Å². The molecule has 2 aromatic carbocycles. The molecule has 1 aliphatic heterocycles. The molecule has 1 aromatic heterocycles. The smallest absolute Gasteiger partial charge is 0.337 e. The van der Waals surface area contributed by atoms with Gasteiger partial charge in [0.15, 0.2) is 5.69 Å². The monoisotopic (exact) mass is 419 g/mol. The van der Waals surface area contributed by atoms with Gasteiger partial charge in [0, 0.05) is 19.6 Å². The average molecular weight is 419 g/mol. The van der Waals surface area contributed by atoms with Gasteiger partial charge in [-0.15, -0.1) is 0 Å². The number of aromatic nitrogens is 2. The molecule has 1 fully saturated rings. The summed E-state index contributed by atoms with van der Waals surface area (Å²) in [7, 11) is 0. The van der Waals surface area contributed by atoms with Gasteiger partial charge in [0.2, 0.25) is 0 Å². The van der Waals surface area contributed by atoms with Crippen molar-refractivity contribution >= 4 is 16.8 Å². The van der Waals surface area contributed by atoms with E-state index in [2.05, 4.69) is 5.10 Å². The van der Waals surface area contributed by atoms with Crippen molar-refractivity contribution < 1.29 is 22.4 Å². The van der Waals surface area contributed by atoms with E-state index in [1.165, 1.54) is 18.2 Å². The van der Waals surface area contributed by atoms with Gasteiger partial charge in [-0.05, 0) is 49.4 Å². The third-order valence-corrected chi connectivity index (χ3v) is 5.72. The van der Waals surface area contributed by atoms with Crippen molar-refractivity contribution in [2.45, 2.75) is 38.4 Å². The lowest BCUT2D eigenvalue weighted by molar-refractivity contribution is -0.138. The van der Waals surface area contributed by atoms with Crippen LogP contribution in [0, 0.1) is 5.82 Å². The maximum atomic E-state index is 14.4. The third-order valence-electron chi connectivity index (χ3n) is 5.72. The fourth-order valence-electron chi connectivity index (χ4n) is 4.23. The number of piperidine rings is 1. The van der Waals surface area contributed by atoms with Crippen molar-refractivity contribution in [1.82, 2.24) is 14.7 Å². The number of hydrogen-bond donors (Lipinski definition) is 0. The van der Waals surface area contributed by atoms with Gasteiger partial charge in [0.05, 0.1) is 16.5 Å². The van der Waals surface area contributed by atoms with Crippen LogP contribution < -0.4 is 0 Å². The number of alkyl halides is 3. The highest BCUT2D eigenvalue weighted by molar-refractivity contribution is 6.05. The summed E-state index contributed by atoms with van der Waals surface area (Å²) in [5.41, 5.74) is 0.252. The van der Waals surface area contributed by atoms with Crippen molar-refractivity contribution in [2.75, 3.05) is 13.1 Å². The number of fused-ring (bicyclic) bond motifs is 1. The van der Waals surface area contributed by atoms with Crippen LogP contribution >= 0.6 is 0 Å². The van der Waals surface area contributed by atoms with E-state index in [9.17, 15) is 22.4 Å². The Morgan fingerprint density at radius 1 is 1.10 bits per heavy atom. The van der Waals surface area contributed by atoms with Crippen molar-refractivity contribution in [3.8, 4) is 0 Å². The summed E-state index contributed by atoms with van der Waals surface area (Å²) in [6.45, 7) is 2.94. The zero-order valence-electron chi connectivity index (χ0n) is 16.4. The SMILES string of the molecule is CCn1nc(C(=O)N2CCC(c3ccccc3C(F)(F)F)CC2)c2c(F)cccc21. The summed E-state index contributed by atoms with van der Waals surface area (Å²) < 4.78 is 56.0. The van der Waals surface area contributed by atoms with Gasteiger partial charge < -0.3 is 4.90 Å². The second-order valence-electron chi connectivity index (χ2n) is 7.45. The largest absolute Gasteiger partial charge is 0.416 e. The first-order valence-corrected chi connectivity index (χ1v) is 9.91. The van der Waals surface area contributed by atoms with E-state index in [-0.39, 0.29) is 28.5 Å². The molecule has 0 radical (unpaired) electrons. The molecule has 1 aliphatic rings. The Morgan fingerprint density at radius 3 is 2.47 bits per heavy atom. The normalized spacial score (nSPS) is 15.7. The summed E-state index contributed by atoms with van der Waals surface area (Å²) in [4.78, 5) is 14.6. The molecule has 0 spiro atoms. The molecule has 4 nitrogen and oxygen atoms in total. The van der Waals surface area contributed by atoms with Gasteiger partial charge >= 0.3 is 6.18 Å². The Kier molecular flexibility index (Phi) is 5.26. The third kappa shape index (κ3) is 3.55. The number of nitrogens with zero attached hydrogens (tertiary/aromatic N) is 3. The minimum Gasteiger partial charge on any atom is -0.337 e. The quantitative estimate of drug-likeness (QED) is 0.545. The Balaban J connectivity index is 1.56. The molecule has 158 valence electrons. The number of aryl methyl sites for hydroxylation is 1. The van der Waals surface area contributed by atoms with Gasteiger partial charge in [0.25, 0.3) is 5.91 Å². The fraction of sp³-hybridized carbons (Fsp3) is 0.364. The number of halogens is 4. The van der Waals surface area contributed by atoms with E-state index < -0.39 is 17.6 Å². The van der Waals surface area contributed by atoms with Gasteiger partial charge in [0.1, 0.15) is 5.82 Å². The van der Waals surface area contributed by atoms with Crippen LogP contribution in [-0.2, 0) is 12.7 Å². The van der Waals surface area contributed by atoms with Crippen molar-refractivity contribution in [3.63, 3.8) is 0 Å². The van der Waals surface area contributed by atoms with E-state index in [4.69, 9.17) is 0 Å². The lowest BCUT2D eigenvalue weighted by Gasteiger charge is -2.33. The van der Waals surface area contributed by atoms with Crippen LogP contribution in [-0.4, -0.2) is 33.7 Å². The molecular formula is C22H21F4N3O. The highest BCUT2D eigenvalue weighted by atomic mass is 19.4. The summed E-state index contributed by atoms with van der Waals surface area (Å²) in [5.74, 6) is -1.18. The molecule has 8 heteroatoms. The van der Waals surface area contributed by atoms with Crippen LogP contribution in [0.3, 0.4) is 0 Å². The first-order chi connectivity index (χ1) is 14.3. The molecule has 2 heterocycles. The van der Waals surface area contributed by atoms with E-state index >= 15 is 0 Å². The van der Waals surface area contributed by atoms with Crippen LogP contribution in [0.5, 0.6) is 0 Å². The maximum absolute atomic E-state index is 14.4. The molecule has 0 unspecified atom stereocenters. The highest BCUT2D eigenvalue weighted by Gasteiger charge is 2.36. The van der Waals surface area contributed by atoms with E-state index in [0.717, 1.165) is 6.07 Å². The molecule has 1 amide bonds. The zero-order valence-corrected chi connectivity index (χ0v) is 16.4. The minimum atomic E-state index is -4.41. The van der Waals surface area contributed by atoms with Gasteiger partial charge in [-0.1, -0.05) is 24.3 Å². The number of amides is 1. The van der Waals surface area contributed by atoms with Crippen LogP contribution in [0.15, 0.2) is 42.5 Å². The van der Waals surface area contributed by atoms with Gasteiger partial charge in [-0.3, -0.25) is 9.48 Å². The van der Waals surface area contributed by atoms with Crippen molar-refractivity contribution in [3.05, 3.63) is 65.1 Å². The molecule has 0 aliphatic carbocycles. The van der Waals surface area contributed by atoms with E-state index in [1.807, 2.05) is 6.92 Å². The standard InChI is InChI=1S/C22H21F4N3O/c1-2-29-18-9-5-8-17(23)19(18)20(27-29)21(30)28-12-10-14(11-13-28)15-6-3-4-7-16(15)22(24,25)26/h3-9,14H,2,10-13H2,1H3. The zero-order chi connectivity index (χ0) is 21.5. The Morgan fingerprint density at radius 2 is 1.80 bits per heavy atom. The first kappa shape index (κ1) is 20.4. The predicted molar refractivity (Wildman–Crippen MR) is 105 cm³/mol. The lowest BCUT2D eigenvalue weighted by atomic mass is 9.86. The molecule has 0 saturated carbocycles. The van der Waals surface area contributed by atoms with Crippen LogP contribution in [0.1, 0.15) is 47.3 Å². The van der Waals surface area contributed by atoms with Crippen LogP contribution in [0.2, 0.25) is 0 Å². The first-order valence-electron chi connectivity index (χ1n) is 9.91. The fourth-order valence-corrected chi connectivity index (χ4v) is 4.23. The van der Waals surface area contributed by atoms with Crippen molar-refractivity contribution in [2.24, 2.45) is 0 Å². The molecular weight excluding hydrogens is 398 g/mol. The molecule has 30 heavy (non-hydrogen) atoms. The van der Waals surface area contributed by atoms with Gasteiger partial charge in [-0.2, -0.15) is 18.3 Å². The second-order valence-corrected chi connectivity index (χ2v) is 7.45. The summed E-state index contributed by atoms with van der Waals surface area (Å²) >= 11 is 0. The molecule has 4 rings (SSSR count). The summed E-state index contributed by atoms with van der Waals surface area (Å²) in [5, 5.41) is 4.49.